The second-order valence-electron chi connectivity index (χ2n) is 6.71. The minimum atomic E-state index is 0.778. The minimum Gasteiger partial charge on any atom is -0.314 e. The van der Waals surface area contributed by atoms with Gasteiger partial charge in [0.25, 0.3) is 0 Å². The van der Waals surface area contributed by atoms with Crippen LogP contribution < -0.4 is 5.32 Å². The maximum Gasteiger partial charge on any atom is 0.0107 e. The first-order chi connectivity index (χ1) is 8.70. The van der Waals surface area contributed by atoms with E-state index >= 15 is 0 Å². The van der Waals surface area contributed by atoms with Gasteiger partial charge in [0.15, 0.2) is 0 Å². The summed E-state index contributed by atoms with van der Waals surface area (Å²) in [6, 6.07) is 1.59. The van der Waals surface area contributed by atoms with Crippen LogP contribution in [-0.4, -0.2) is 36.6 Å². The van der Waals surface area contributed by atoms with Gasteiger partial charge in [-0.05, 0) is 44.6 Å². The molecular formula is C16H32N2. The molecule has 106 valence electrons. The summed E-state index contributed by atoms with van der Waals surface area (Å²) >= 11 is 0. The Morgan fingerprint density at radius 2 is 1.89 bits per heavy atom. The van der Waals surface area contributed by atoms with E-state index in [-0.39, 0.29) is 0 Å². The molecule has 2 rings (SSSR count). The molecule has 4 unspecified atom stereocenters. The van der Waals surface area contributed by atoms with Gasteiger partial charge in [-0.2, -0.15) is 0 Å². The Labute approximate surface area is 114 Å². The molecule has 2 heteroatoms. The molecule has 0 aromatic carbocycles. The van der Waals surface area contributed by atoms with Crippen molar-refractivity contribution in [2.24, 2.45) is 11.8 Å². The molecule has 0 radical (unpaired) electrons. The second-order valence-corrected chi connectivity index (χ2v) is 6.71. The van der Waals surface area contributed by atoms with E-state index in [9.17, 15) is 0 Å². The Bertz CT molecular complexity index is 241. The lowest BCUT2D eigenvalue weighted by atomic mass is 9.93. The van der Waals surface area contributed by atoms with Gasteiger partial charge < -0.3 is 10.2 Å². The molecule has 1 saturated heterocycles. The van der Waals surface area contributed by atoms with Crippen LogP contribution in [0.5, 0.6) is 0 Å². The van der Waals surface area contributed by atoms with E-state index in [0.29, 0.717) is 0 Å². The summed E-state index contributed by atoms with van der Waals surface area (Å²) in [7, 11) is 0. The number of likely N-dealkylation sites (tertiary alicyclic amines) is 1. The maximum atomic E-state index is 3.75. The molecule has 1 saturated carbocycles. The molecule has 1 aliphatic carbocycles. The molecule has 2 nitrogen and oxygen atoms in total. The fourth-order valence-corrected chi connectivity index (χ4v) is 4.08. The Morgan fingerprint density at radius 1 is 1.11 bits per heavy atom. The van der Waals surface area contributed by atoms with Gasteiger partial charge in [-0.15, -0.1) is 0 Å². The number of rotatable bonds is 4. The third-order valence-corrected chi connectivity index (χ3v) is 5.01. The molecule has 4 atom stereocenters. The molecule has 0 aromatic heterocycles. The average molecular weight is 252 g/mol. The molecular weight excluding hydrogens is 220 g/mol. The molecule has 0 aromatic rings. The summed E-state index contributed by atoms with van der Waals surface area (Å²) < 4.78 is 0. The van der Waals surface area contributed by atoms with Crippen LogP contribution in [0.15, 0.2) is 0 Å². The standard InChI is InChI=1S/C16H32N2/c1-4-17-16-9-7-5-6-8-15(16)12-18-11-13(2)10-14(18)3/h13-17H,4-12H2,1-3H3. The van der Waals surface area contributed by atoms with Crippen molar-refractivity contribution in [2.75, 3.05) is 19.6 Å². The minimum absolute atomic E-state index is 0.778. The molecule has 0 spiro atoms. The lowest BCUT2D eigenvalue weighted by molar-refractivity contribution is 0.187. The highest BCUT2D eigenvalue weighted by Gasteiger charge is 2.31. The number of nitrogens with zero attached hydrogens (tertiary/aromatic N) is 1. The molecule has 0 amide bonds. The van der Waals surface area contributed by atoms with E-state index in [1.807, 2.05) is 0 Å². The molecule has 2 fully saturated rings. The summed E-state index contributed by atoms with van der Waals surface area (Å²) in [6.07, 6.45) is 8.57. The van der Waals surface area contributed by atoms with Crippen LogP contribution in [0.2, 0.25) is 0 Å². The van der Waals surface area contributed by atoms with E-state index in [2.05, 4.69) is 31.0 Å². The first kappa shape index (κ1) is 14.3. The number of hydrogen-bond acceptors (Lipinski definition) is 2. The molecule has 1 aliphatic heterocycles. The maximum absolute atomic E-state index is 3.75. The van der Waals surface area contributed by atoms with E-state index in [1.165, 1.54) is 51.6 Å². The van der Waals surface area contributed by atoms with Gasteiger partial charge in [0, 0.05) is 25.2 Å². The lowest BCUT2D eigenvalue weighted by Gasteiger charge is -2.32. The molecule has 2 aliphatic rings. The zero-order valence-corrected chi connectivity index (χ0v) is 12.6. The highest BCUT2D eigenvalue weighted by atomic mass is 15.2. The predicted molar refractivity (Wildman–Crippen MR) is 78.9 cm³/mol. The van der Waals surface area contributed by atoms with Crippen molar-refractivity contribution in [1.82, 2.24) is 10.2 Å². The Balaban J connectivity index is 1.91. The van der Waals surface area contributed by atoms with Crippen LogP contribution >= 0.6 is 0 Å². The number of nitrogens with one attached hydrogen (secondary N) is 1. The van der Waals surface area contributed by atoms with Gasteiger partial charge >= 0.3 is 0 Å². The quantitative estimate of drug-likeness (QED) is 0.773. The SMILES string of the molecule is CCNC1CCCCCC1CN1CC(C)CC1C. The monoisotopic (exact) mass is 252 g/mol. The van der Waals surface area contributed by atoms with Crippen molar-refractivity contribution in [1.29, 1.82) is 0 Å². The highest BCUT2D eigenvalue weighted by molar-refractivity contribution is 4.86. The summed E-state index contributed by atoms with van der Waals surface area (Å²) in [5.74, 6) is 1.79. The van der Waals surface area contributed by atoms with Crippen LogP contribution in [0.4, 0.5) is 0 Å². The van der Waals surface area contributed by atoms with Crippen LogP contribution in [0, 0.1) is 11.8 Å². The van der Waals surface area contributed by atoms with Gasteiger partial charge in [0.2, 0.25) is 0 Å². The van der Waals surface area contributed by atoms with Crippen LogP contribution in [0.3, 0.4) is 0 Å². The van der Waals surface area contributed by atoms with Gasteiger partial charge in [0.05, 0.1) is 0 Å². The highest BCUT2D eigenvalue weighted by Crippen LogP contribution is 2.29. The van der Waals surface area contributed by atoms with Gasteiger partial charge in [0.1, 0.15) is 0 Å². The fourth-order valence-electron chi connectivity index (χ4n) is 4.08. The van der Waals surface area contributed by atoms with Crippen molar-refractivity contribution in [3.8, 4) is 0 Å². The van der Waals surface area contributed by atoms with Crippen LogP contribution in [-0.2, 0) is 0 Å². The van der Waals surface area contributed by atoms with Crippen molar-refractivity contribution in [2.45, 2.75) is 71.4 Å². The summed E-state index contributed by atoms with van der Waals surface area (Å²) in [6.45, 7) is 10.9. The Kier molecular flexibility index (Phi) is 5.50. The largest absolute Gasteiger partial charge is 0.314 e. The van der Waals surface area contributed by atoms with Gasteiger partial charge in [-0.25, -0.2) is 0 Å². The van der Waals surface area contributed by atoms with E-state index in [1.54, 1.807) is 0 Å². The topological polar surface area (TPSA) is 15.3 Å². The van der Waals surface area contributed by atoms with Crippen LogP contribution in [0.1, 0.15) is 59.3 Å². The van der Waals surface area contributed by atoms with Crippen molar-refractivity contribution < 1.29 is 0 Å². The summed E-state index contributed by atoms with van der Waals surface area (Å²) in [4.78, 5) is 2.75. The Morgan fingerprint density at radius 3 is 2.56 bits per heavy atom. The van der Waals surface area contributed by atoms with Gasteiger partial charge in [-0.3, -0.25) is 0 Å². The van der Waals surface area contributed by atoms with E-state index in [4.69, 9.17) is 0 Å². The van der Waals surface area contributed by atoms with Gasteiger partial charge in [-0.1, -0.05) is 33.1 Å². The summed E-state index contributed by atoms with van der Waals surface area (Å²) in [5, 5.41) is 3.75. The third kappa shape index (κ3) is 3.71. The summed E-state index contributed by atoms with van der Waals surface area (Å²) in [5.41, 5.74) is 0. The third-order valence-electron chi connectivity index (χ3n) is 5.01. The lowest BCUT2D eigenvalue weighted by Crippen LogP contribution is -2.43. The Hall–Kier alpha value is -0.0800. The first-order valence-electron chi connectivity index (χ1n) is 8.18. The van der Waals surface area contributed by atoms with Crippen LogP contribution in [0.25, 0.3) is 0 Å². The second kappa shape index (κ2) is 6.91. The normalized spacial score (nSPS) is 38.8. The molecule has 0 bridgehead atoms. The van der Waals surface area contributed by atoms with E-state index < -0.39 is 0 Å². The molecule has 18 heavy (non-hydrogen) atoms. The fraction of sp³-hybridized carbons (Fsp3) is 1.00. The molecule has 1 heterocycles. The van der Waals surface area contributed by atoms with E-state index in [0.717, 1.165) is 30.5 Å². The number of hydrogen-bond donors (Lipinski definition) is 1. The molecule has 1 N–H and O–H groups in total. The van der Waals surface area contributed by atoms with Crippen molar-refractivity contribution >= 4 is 0 Å². The predicted octanol–water partition coefficient (Wildman–Crippen LogP) is 3.28. The smallest absolute Gasteiger partial charge is 0.0107 e. The average Bonchev–Trinajstić information content (AvgIpc) is 2.52. The van der Waals surface area contributed by atoms with Crippen molar-refractivity contribution in [3.63, 3.8) is 0 Å². The zero-order valence-electron chi connectivity index (χ0n) is 12.6. The first-order valence-corrected chi connectivity index (χ1v) is 8.18. The van der Waals surface area contributed by atoms with Crippen molar-refractivity contribution in [3.05, 3.63) is 0 Å². The zero-order chi connectivity index (χ0) is 13.0.